The molecule has 6 N–H and O–H groups in total. The summed E-state index contributed by atoms with van der Waals surface area (Å²) >= 11 is 1.74. The fourth-order valence-corrected chi connectivity index (χ4v) is 4.74. The molecule has 0 radical (unpaired) electrons. The number of hydrogen-bond acceptors (Lipinski definition) is 3. The zero-order valence-corrected chi connectivity index (χ0v) is 23.3. The van der Waals surface area contributed by atoms with Crippen LogP contribution in [0.4, 0.5) is 22.7 Å². The van der Waals surface area contributed by atoms with Crippen LogP contribution in [0.2, 0.25) is 0 Å². The maximum Gasteiger partial charge on any atom is 0.198 e. The predicted molar refractivity (Wildman–Crippen MR) is 172 cm³/mol. The highest BCUT2D eigenvalue weighted by atomic mass is 35.5. The predicted octanol–water partition coefficient (Wildman–Crippen LogP) is 8.04. The van der Waals surface area contributed by atoms with Gasteiger partial charge in [0.2, 0.25) is 0 Å². The van der Waals surface area contributed by atoms with Gasteiger partial charge in [-0.1, -0.05) is 60.7 Å². The van der Waals surface area contributed by atoms with Gasteiger partial charge < -0.3 is 22.1 Å². The third-order valence-electron chi connectivity index (χ3n) is 5.50. The van der Waals surface area contributed by atoms with E-state index in [-0.39, 0.29) is 24.8 Å². The van der Waals surface area contributed by atoms with E-state index in [0.29, 0.717) is 11.9 Å². The molecule has 0 saturated carbocycles. The molecule has 1 heterocycles. The van der Waals surface area contributed by atoms with Gasteiger partial charge in [-0.25, -0.2) is 9.98 Å². The summed E-state index contributed by atoms with van der Waals surface area (Å²) in [5.74, 6) is 0.700. The number of nitrogens with one attached hydrogen (secondary N) is 2. The third kappa shape index (κ3) is 8.09. The lowest BCUT2D eigenvalue weighted by atomic mass is 10.1. The molecule has 4 aromatic carbocycles. The van der Waals surface area contributed by atoms with Gasteiger partial charge >= 0.3 is 0 Å². The van der Waals surface area contributed by atoms with E-state index in [9.17, 15) is 0 Å². The van der Waals surface area contributed by atoms with Gasteiger partial charge in [0.1, 0.15) is 0 Å². The zero-order chi connectivity index (χ0) is 25.5. The van der Waals surface area contributed by atoms with Crippen molar-refractivity contribution in [1.29, 1.82) is 0 Å². The second-order valence-corrected chi connectivity index (χ2v) is 9.32. The van der Waals surface area contributed by atoms with Crippen LogP contribution in [0.5, 0.6) is 0 Å². The van der Waals surface area contributed by atoms with E-state index in [1.54, 1.807) is 11.3 Å². The number of halogens is 2. The van der Waals surface area contributed by atoms with E-state index in [0.717, 1.165) is 33.9 Å². The number of rotatable bonds is 6. The molecule has 0 aliphatic rings. The lowest BCUT2D eigenvalue weighted by Gasteiger charge is -2.05. The van der Waals surface area contributed by atoms with Crippen LogP contribution in [-0.2, 0) is 0 Å². The molecule has 0 fully saturated rings. The summed E-state index contributed by atoms with van der Waals surface area (Å²) in [5, 5.41) is 6.19. The van der Waals surface area contributed by atoms with Crippen molar-refractivity contribution in [3.63, 3.8) is 0 Å². The standard InChI is InChI=1S/C30H26N6S.2ClH/c31-29(33-23-7-3-1-4-8-23)35-25-15-11-21(12-16-25)27-19-20-28(37-27)22-13-17-26(18-14-22)36-30(32)34-24-9-5-2-6-10-24;;/h1-20H,(H3,31,33,35)(H3,32,34,36);2*1H. The van der Waals surface area contributed by atoms with Crippen LogP contribution < -0.4 is 22.1 Å². The Hall–Kier alpha value is -4.30. The van der Waals surface area contributed by atoms with Crippen LogP contribution in [0.3, 0.4) is 0 Å². The van der Waals surface area contributed by atoms with Gasteiger partial charge in [0, 0.05) is 21.1 Å². The Bertz CT molecular complexity index is 1400. The lowest BCUT2D eigenvalue weighted by Crippen LogP contribution is -2.21. The van der Waals surface area contributed by atoms with E-state index in [2.05, 4.69) is 57.0 Å². The number of para-hydroxylation sites is 2. The van der Waals surface area contributed by atoms with E-state index in [4.69, 9.17) is 11.5 Å². The molecule has 5 aromatic rings. The first kappa shape index (κ1) is 29.3. The molecule has 1 aromatic heterocycles. The van der Waals surface area contributed by atoms with E-state index in [1.165, 1.54) is 9.75 Å². The molecule has 39 heavy (non-hydrogen) atoms. The van der Waals surface area contributed by atoms with Crippen molar-refractivity contribution in [3.8, 4) is 20.9 Å². The molecule has 0 saturated heterocycles. The molecule has 0 aliphatic carbocycles. The highest BCUT2D eigenvalue weighted by Gasteiger charge is 2.06. The summed E-state index contributed by atoms with van der Waals surface area (Å²) in [6.07, 6.45) is 0. The van der Waals surface area contributed by atoms with Crippen LogP contribution in [0.15, 0.2) is 131 Å². The lowest BCUT2D eigenvalue weighted by molar-refractivity contribution is 1.44. The second-order valence-electron chi connectivity index (χ2n) is 8.23. The smallest absolute Gasteiger partial charge is 0.198 e. The second kappa shape index (κ2) is 14.0. The van der Waals surface area contributed by atoms with Crippen LogP contribution in [0, 0.1) is 0 Å². The molecule has 0 bridgehead atoms. The van der Waals surface area contributed by atoms with Crippen molar-refractivity contribution in [3.05, 3.63) is 121 Å². The van der Waals surface area contributed by atoms with Gasteiger partial charge in [0.25, 0.3) is 0 Å². The molecule has 198 valence electrons. The maximum atomic E-state index is 6.05. The molecule has 0 spiro atoms. The van der Waals surface area contributed by atoms with Gasteiger partial charge in [-0.15, -0.1) is 36.2 Å². The first-order valence-corrected chi connectivity index (χ1v) is 12.6. The average Bonchev–Trinajstić information content (AvgIpc) is 3.41. The highest BCUT2D eigenvalue weighted by Crippen LogP contribution is 2.35. The van der Waals surface area contributed by atoms with Gasteiger partial charge in [0.05, 0.1) is 11.4 Å². The molecule has 0 amide bonds. The topological polar surface area (TPSA) is 101 Å². The summed E-state index contributed by atoms with van der Waals surface area (Å²) < 4.78 is 0. The van der Waals surface area contributed by atoms with Crippen LogP contribution in [0.25, 0.3) is 20.9 Å². The minimum Gasteiger partial charge on any atom is -0.369 e. The minimum atomic E-state index is 0. The Labute approximate surface area is 244 Å². The SMILES string of the molecule is Cl.Cl.NC(=Nc1ccc(-c2ccc(-c3ccc(N=C(N)Nc4ccccc4)cc3)s2)cc1)Nc1ccccc1. The Morgan fingerprint density at radius 1 is 0.487 bits per heavy atom. The normalized spacial score (nSPS) is 11.2. The molecule has 6 nitrogen and oxygen atoms in total. The van der Waals surface area contributed by atoms with Crippen molar-refractivity contribution in [2.45, 2.75) is 0 Å². The zero-order valence-electron chi connectivity index (χ0n) is 20.8. The first-order valence-electron chi connectivity index (χ1n) is 11.8. The first-order chi connectivity index (χ1) is 18.1. The van der Waals surface area contributed by atoms with Gasteiger partial charge in [-0.2, -0.15) is 0 Å². The molecular formula is C30H28Cl2N6S. The molecule has 0 aliphatic heterocycles. The Morgan fingerprint density at radius 2 is 0.846 bits per heavy atom. The van der Waals surface area contributed by atoms with Crippen LogP contribution >= 0.6 is 36.2 Å². The van der Waals surface area contributed by atoms with Crippen molar-refractivity contribution in [2.24, 2.45) is 21.5 Å². The van der Waals surface area contributed by atoms with E-state index in [1.807, 2.05) is 84.9 Å². The largest absolute Gasteiger partial charge is 0.369 e. The summed E-state index contributed by atoms with van der Waals surface area (Å²) in [6, 6.07) is 39.9. The molecule has 5 rings (SSSR count). The Kier molecular flexibility index (Phi) is 10.5. The summed E-state index contributed by atoms with van der Waals surface area (Å²) in [5.41, 5.74) is 17.7. The average molecular weight is 576 g/mol. The fourth-order valence-electron chi connectivity index (χ4n) is 3.72. The van der Waals surface area contributed by atoms with Gasteiger partial charge in [-0.05, 0) is 71.8 Å². The number of nitrogens with two attached hydrogens (primary N) is 2. The third-order valence-corrected chi connectivity index (χ3v) is 6.68. The fraction of sp³-hybridized carbons (Fsp3) is 0. The number of anilines is 2. The minimum absolute atomic E-state index is 0. The van der Waals surface area contributed by atoms with Crippen molar-refractivity contribution >= 4 is 70.8 Å². The molecule has 9 heteroatoms. The van der Waals surface area contributed by atoms with Gasteiger partial charge in [-0.3, -0.25) is 0 Å². The Balaban J connectivity index is 0.00000210. The number of nitrogens with zero attached hydrogens (tertiary/aromatic N) is 2. The quantitative estimate of drug-likeness (QED) is 0.122. The van der Waals surface area contributed by atoms with E-state index < -0.39 is 0 Å². The van der Waals surface area contributed by atoms with Crippen molar-refractivity contribution in [2.75, 3.05) is 10.6 Å². The number of guanidine groups is 2. The van der Waals surface area contributed by atoms with Crippen LogP contribution in [-0.4, -0.2) is 11.9 Å². The summed E-state index contributed by atoms with van der Waals surface area (Å²) in [6.45, 7) is 0. The van der Waals surface area contributed by atoms with Crippen molar-refractivity contribution in [1.82, 2.24) is 0 Å². The Morgan fingerprint density at radius 3 is 1.21 bits per heavy atom. The highest BCUT2D eigenvalue weighted by molar-refractivity contribution is 7.18. The molecular weight excluding hydrogens is 547 g/mol. The van der Waals surface area contributed by atoms with Crippen molar-refractivity contribution < 1.29 is 0 Å². The van der Waals surface area contributed by atoms with Crippen LogP contribution in [0.1, 0.15) is 0 Å². The number of aliphatic imine (C=N–C) groups is 2. The molecule has 0 atom stereocenters. The van der Waals surface area contributed by atoms with Gasteiger partial charge in [0.15, 0.2) is 11.9 Å². The van der Waals surface area contributed by atoms with E-state index >= 15 is 0 Å². The number of hydrogen-bond donors (Lipinski definition) is 4. The maximum absolute atomic E-state index is 6.05. The summed E-state index contributed by atoms with van der Waals surface area (Å²) in [7, 11) is 0. The number of benzene rings is 4. The molecule has 0 unspecified atom stereocenters. The monoisotopic (exact) mass is 574 g/mol. The summed E-state index contributed by atoms with van der Waals surface area (Å²) in [4.78, 5) is 11.3. The number of thiophene rings is 1.